The molecule has 1 aromatic rings. The summed E-state index contributed by atoms with van der Waals surface area (Å²) in [5.41, 5.74) is 0.188. The summed E-state index contributed by atoms with van der Waals surface area (Å²) < 4.78 is 5.34. The molecule has 0 bridgehead atoms. The molecule has 134 valence electrons. The number of aryl methyl sites for hydroxylation is 1. The first-order chi connectivity index (χ1) is 11.2. The molecule has 1 aliphatic carbocycles. The smallest absolute Gasteiger partial charge is 0.407 e. The summed E-state index contributed by atoms with van der Waals surface area (Å²) in [4.78, 5) is 20.3. The standard InChI is InChI=1S/C17H27ClN4O2/c1-12-10-19-14(18)21-13(12)22-17(8-6-5-7-9-17)11-20-15(23)24-16(2,3)4/h10H,5-9,11H2,1-4H3,(H,20,23)(H,19,21,22). The van der Waals surface area contributed by atoms with Gasteiger partial charge in [-0.25, -0.2) is 14.8 Å². The van der Waals surface area contributed by atoms with Crippen LogP contribution in [-0.2, 0) is 4.74 Å². The van der Waals surface area contributed by atoms with Crippen molar-refractivity contribution in [1.29, 1.82) is 0 Å². The Hall–Kier alpha value is -1.56. The number of alkyl carbamates (subject to hydrolysis) is 1. The minimum absolute atomic E-state index is 0.217. The van der Waals surface area contributed by atoms with Crippen molar-refractivity contribution in [3.63, 3.8) is 0 Å². The molecule has 1 aromatic heterocycles. The van der Waals surface area contributed by atoms with Crippen LogP contribution in [0.4, 0.5) is 10.6 Å². The summed E-state index contributed by atoms with van der Waals surface area (Å²) in [6, 6.07) is 0. The zero-order valence-electron chi connectivity index (χ0n) is 14.9. The van der Waals surface area contributed by atoms with E-state index in [4.69, 9.17) is 16.3 Å². The molecule has 2 rings (SSSR count). The number of nitrogens with zero attached hydrogens (tertiary/aromatic N) is 2. The van der Waals surface area contributed by atoms with Crippen molar-refractivity contribution < 1.29 is 9.53 Å². The minimum Gasteiger partial charge on any atom is -0.444 e. The van der Waals surface area contributed by atoms with Gasteiger partial charge >= 0.3 is 6.09 Å². The van der Waals surface area contributed by atoms with Crippen molar-refractivity contribution in [3.8, 4) is 0 Å². The summed E-state index contributed by atoms with van der Waals surface area (Å²) in [7, 11) is 0. The summed E-state index contributed by atoms with van der Waals surface area (Å²) in [5.74, 6) is 0.725. The van der Waals surface area contributed by atoms with Crippen LogP contribution in [0.5, 0.6) is 0 Å². The van der Waals surface area contributed by atoms with Gasteiger partial charge in [0.2, 0.25) is 5.28 Å². The van der Waals surface area contributed by atoms with Crippen molar-refractivity contribution in [2.24, 2.45) is 0 Å². The van der Waals surface area contributed by atoms with Gasteiger partial charge in [-0.2, -0.15) is 0 Å². The van der Waals surface area contributed by atoms with Crippen LogP contribution in [-0.4, -0.2) is 33.7 Å². The number of halogens is 1. The van der Waals surface area contributed by atoms with Crippen LogP contribution >= 0.6 is 11.6 Å². The molecule has 6 nitrogen and oxygen atoms in total. The number of ether oxygens (including phenoxy) is 1. The summed E-state index contributed by atoms with van der Waals surface area (Å²) in [6.07, 6.45) is 6.66. The predicted octanol–water partition coefficient (Wildman–Crippen LogP) is 4.08. The molecule has 0 spiro atoms. The van der Waals surface area contributed by atoms with Gasteiger partial charge in [0, 0.05) is 18.3 Å². The molecule has 0 aliphatic heterocycles. The monoisotopic (exact) mass is 354 g/mol. The molecular formula is C17H27ClN4O2. The number of hydrogen-bond acceptors (Lipinski definition) is 5. The van der Waals surface area contributed by atoms with Crippen molar-refractivity contribution >= 4 is 23.5 Å². The number of nitrogens with one attached hydrogen (secondary N) is 2. The van der Waals surface area contributed by atoms with Gasteiger partial charge in [-0.15, -0.1) is 0 Å². The molecule has 0 radical (unpaired) electrons. The SMILES string of the molecule is Cc1cnc(Cl)nc1NC1(CNC(=O)OC(C)(C)C)CCCCC1. The van der Waals surface area contributed by atoms with E-state index in [-0.39, 0.29) is 10.8 Å². The second kappa shape index (κ2) is 7.55. The van der Waals surface area contributed by atoms with Crippen LogP contribution in [0, 0.1) is 6.92 Å². The third-order valence-electron chi connectivity index (χ3n) is 4.11. The first kappa shape index (κ1) is 18.8. The topological polar surface area (TPSA) is 76.1 Å². The molecule has 0 atom stereocenters. The fraction of sp³-hybridized carbons (Fsp3) is 0.706. The number of anilines is 1. The molecule has 1 saturated carbocycles. The Kier molecular flexibility index (Phi) is 5.91. The lowest BCUT2D eigenvalue weighted by Crippen LogP contribution is -2.51. The zero-order chi connectivity index (χ0) is 17.8. The molecule has 1 heterocycles. The Morgan fingerprint density at radius 1 is 1.33 bits per heavy atom. The summed E-state index contributed by atoms with van der Waals surface area (Å²) in [6.45, 7) is 7.99. The maximum atomic E-state index is 12.0. The van der Waals surface area contributed by atoms with E-state index in [0.717, 1.165) is 37.1 Å². The van der Waals surface area contributed by atoms with E-state index in [2.05, 4.69) is 20.6 Å². The molecule has 24 heavy (non-hydrogen) atoms. The highest BCUT2D eigenvalue weighted by atomic mass is 35.5. The molecule has 0 aromatic carbocycles. The van der Waals surface area contributed by atoms with Gasteiger partial charge in [-0.05, 0) is 52.1 Å². The highest BCUT2D eigenvalue weighted by Gasteiger charge is 2.33. The lowest BCUT2D eigenvalue weighted by atomic mass is 9.81. The number of rotatable bonds is 4. The lowest BCUT2D eigenvalue weighted by molar-refractivity contribution is 0.0512. The fourth-order valence-corrected chi connectivity index (χ4v) is 3.06. The van der Waals surface area contributed by atoms with E-state index in [0.29, 0.717) is 6.54 Å². The van der Waals surface area contributed by atoms with Gasteiger partial charge in [0.25, 0.3) is 0 Å². The summed E-state index contributed by atoms with van der Waals surface area (Å²) >= 11 is 5.93. The van der Waals surface area contributed by atoms with E-state index < -0.39 is 11.7 Å². The fourth-order valence-electron chi connectivity index (χ4n) is 2.93. The van der Waals surface area contributed by atoms with E-state index in [1.54, 1.807) is 6.20 Å². The van der Waals surface area contributed by atoms with E-state index in [1.165, 1.54) is 6.42 Å². The van der Waals surface area contributed by atoms with Crippen LogP contribution in [0.2, 0.25) is 5.28 Å². The van der Waals surface area contributed by atoms with E-state index in [9.17, 15) is 4.79 Å². The van der Waals surface area contributed by atoms with Gasteiger partial charge in [0.1, 0.15) is 11.4 Å². The average Bonchev–Trinajstić information content (AvgIpc) is 2.48. The first-order valence-electron chi connectivity index (χ1n) is 8.43. The first-order valence-corrected chi connectivity index (χ1v) is 8.81. The van der Waals surface area contributed by atoms with Crippen LogP contribution in [0.25, 0.3) is 0 Å². The Labute approximate surface area is 148 Å². The van der Waals surface area contributed by atoms with Crippen LogP contribution in [0.3, 0.4) is 0 Å². The Bertz CT molecular complexity index is 580. The van der Waals surface area contributed by atoms with Crippen molar-refractivity contribution in [1.82, 2.24) is 15.3 Å². The van der Waals surface area contributed by atoms with Crippen LogP contribution in [0.1, 0.15) is 58.4 Å². The number of hydrogen-bond donors (Lipinski definition) is 2. The highest BCUT2D eigenvalue weighted by Crippen LogP contribution is 2.32. The largest absolute Gasteiger partial charge is 0.444 e. The van der Waals surface area contributed by atoms with Gasteiger partial charge in [0.15, 0.2) is 0 Å². The van der Waals surface area contributed by atoms with Crippen LogP contribution < -0.4 is 10.6 Å². The average molecular weight is 355 g/mol. The molecule has 0 unspecified atom stereocenters. The third-order valence-corrected chi connectivity index (χ3v) is 4.29. The highest BCUT2D eigenvalue weighted by molar-refractivity contribution is 6.28. The maximum absolute atomic E-state index is 12.0. The molecular weight excluding hydrogens is 328 g/mol. The summed E-state index contributed by atoms with van der Waals surface area (Å²) in [5, 5.41) is 6.64. The van der Waals surface area contributed by atoms with Crippen molar-refractivity contribution in [2.75, 3.05) is 11.9 Å². The van der Waals surface area contributed by atoms with E-state index >= 15 is 0 Å². The quantitative estimate of drug-likeness (QED) is 0.797. The van der Waals surface area contributed by atoms with Crippen LogP contribution in [0.15, 0.2) is 6.20 Å². The lowest BCUT2D eigenvalue weighted by Gasteiger charge is -2.39. The van der Waals surface area contributed by atoms with Gasteiger partial charge < -0.3 is 15.4 Å². The number of carbonyl (C=O) groups is 1. The molecule has 7 heteroatoms. The van der Waals surface area contributed by atoms with Crippen molar-refractivity contribution in [2.45, 2.75) is 70.9 Å². The number of amides is 1. The second-order valence-corrected chi connectivity index (χ2v) is 7.83. The molecule has 1 amide bonds. The Morgan fingerprint density at radius 3 is 2.62 bits per heavy atom. The number of carbonyl (C=O) groups excluding carboxylic acids is 1. The molecule has 2 N–H and O–H groups in total. The predicted molar refractivity (Wildman–Crippen MR) is 95.5 cm³/mol. The van der Waals surface area contributed by atoms with E-state index in [1.807, 2.05) is 27.7 Å². The molecule has 0 saturated heterocycles. The normalized spacial score (nSPS) is 17.2. The number of aromatic nitrogens is 2. The van der Waals surface area contributed by atoms with Gasteiger partial charge in [0.05, 0.1) is 5.54 Å². The van der Waals surface area contributed by atoms with Gasteiger partial charge in [-0.3, -0.25) is 0 Å². The molecule has 1 fully saturated rings. The molecule has 1 aliphatic rings. The minimum atomic E-state index is -0.506. The Morgan fingerprint density at radius 2 is 2.00 bits per heavy atom. The van der Waals surface area contributed by atoms with Gasteiger partial charge in [-0.1, -0.05) is 19.3 Å². The Balaban J connectivity index is 2.09. The van der Waals surface area contributed by atoms with Crippen molar-refractivity contribution in [3.05, 3.63) is 17.0 Å². The maximum Gasteiger partial charge on any atom is 0.407 e. The second-order valence-electron chi connectivity index (χ2n) is 7.49. The third kappa shape index (κ3) is 5.51. The zero-order valence-corrected chi connectivity index (χ0v) is 15.7.